The van der Waals surface area contributed by atoms with Gasteiger partial charge in [0.15, 0.2) is 11.5 Å². The lowest BCUT2D eigenvalue weighted by Gasteiger charge is -2.20. The number of nitrogens with zero attached hydrogens (tertiary/aromatic N) is 1. The normalized spacial score (nSPS) is 12.8. The molecule has 0 radical (unpaired) electrons. The van der Waals surface area contributed by atoms with Crippen LogP contribution in [0.25, 0.3) is 11.0 Å². The third-order valence-corrected chi connectivity index (χ3v) is 4.45. The van der Waals surface area contributed by atoms with E-state index in [1.54, 1.807) is 6.07 Å². The number of para-hydroxylation sites is 2. The largest absolute Gasteiger partial charge is 0.486 e. The first-order valence-corrected chi connectivity index (χ1v) is 9.08. The van der Waals surface area contributed by atoms with Crippen LogP contribution in [0.2, 0.25) is 0 Å². The number of rotatable bonds is 5. The number of aromatic amines is 1. The zero-order valence-corrected chi connectivity index (χ0v) is 15.2. The van der Waals surface area contributed by atoms with Crippen LogP contribution in [0.4, 0.5) is 10.5 Å². The molecule has 2 heterocycles. The highest BCUT2D eigenvalue weighted by molar-refractivity contribution is 5.90. The number of ether oxygens (including phenoxy) is 2. The van der Waals surface area contributed by atoms with Crippen molar-refractivity contribution in [3.05, 3.63) is 47.8 Å². The van der Waals surface area contributed by atoms with E-state index in [4.69, 9.17) is 9.47 Å². The summed E-state index contributed by atoms with van der Waals surface area (Å²) in [7, 11) is 0. The highest BCUT2D eigenvalue weighted by Crippen LogP contribution is 2.35. The van der Waals surface area contributed by atoms with E-state index < -0.39 is 0 Å². The Kier molecular flexibility index (Phi) is 4.82. The molecule has 1 aromatic heterocycles. The number of carbonyl (C=O) groups is 1. The topological polar surface area (TPSA) is 88.3 Å². The number of urea groups is 1. The summed E-state index contributed by atoms with van der Waals surface area (Å²) in [6.45, 7) is 3.55. The molecule has 3 N–H and O–H groups in total. The third-order valence-electron chi connectivity index (χ3n) is 4.45. The molecule has 0 fully saturated rings. The molecule has 7 heteroatoms. The minimum Gasteiger partial charge on any atom is -0.486 e. The molecular weight excluding hydrogens is 344 g/mol. The molecule has 1 aliphatic heterocycles. The van der Waals surface area contributed by atoms with Gasteiger partial charge in [0.05, 0.1) is 11.0 Å². The number of nitrogens with one attached hydrogen (secondary N) is 3. The van der Waals surface area contributed by atoms with Crippen molar-refractivity contribution in [2.45, 2.75) is 19.8 Å². The molecule has 0 atom stereocenters. The van der Waals surface area contributed by atoms with E-state index in [1.165, 1.54) is 0 Å². The number of amides is 2. The fraction of sp³-hybridized carbons (Fsp3) is 0.300. The summed E-state index contributed by atoms with van der Waals surface area (Å²) in [4.78, 5) is 20.0. The Balaban J connectivity index is 1.27. The van der Waals surface area contributed by atoms with Crippen molar-refractivity contribution in [3.8, 4) is 11.5 Å². The lowest BCUT2D eigenvalue weighted by Crippen LogP contribution is -2.30. The number of benzene rings is 2. The minimum atomic E-state index is -0.237. The smallest absolute Gasteiger partial charge is 0.319 e. The molecule has 0 unspecified atom stereocenters. The Morgan fingerprint density at radius 1 is 1.19 bits per heavy atom. The highest BCUT2D eigenvalue weighted by Gasteiger charge is 2.15. The van der Waals surface area contributed by atoms with Gasteiger partial charge in [-0.15, -0.1) is 0 Å². The van der Waals surface area contributed by atoms with Gasteiger partial charge in [-0.2, -0.15) is 0 Å². The average molecular weight is 366 g/mol. The van der Waals surface area contributed by atoms with E-state index >= 15 is 0 Å². The Hall–Kier alpha value is -3.22. The predicted molar refractivity (Wildman–Crippen MR) is 104 cm³/mol. The number of aromatic nitrogens is 2. The van der Waals surface area contributed by atoms with E-state index in [9.17, 15) is 4.79 Å². The first-order valence-electron chi connectivity index (χ1n) is 9.08. The van der Waals surface area contributed by atoms with Gasteiger partial charge < -0.3 is 25.1 Å². The summed E-state index contributed by atoms with van der Waals surface area (Å²) >= 11 is 0. The Bertz CT molecular complexity index is 934. The van der Waals surface area contributed by atoms with Crippen molar-refractivity contribution in [1.82, 2.24) is 15.3 Å². The Morgan fingerprint density at radius 3 is 2.78 bits per heavy atom. The predicted octanol–water partition coefficient (Wildman–Crippen LogP) is 3.40. The standard InChI is InChI=1S/C20H22N4O3/c1-13-11-17-18(27-10-9-26-17)12-16(13)24-20(25)21-8-4-7-19-22-14-5-2-3-6-15(14)23-19/h2-3,5-6,11-12H,4,7-10H2,1H3,(H,22,23)(H2,21,24,25). The van der Waals surface area contributed by atoms with Crippen LogP contribution in [-0.2, 0) is 6.42 Å². The molecule has 0 aliphatic carbocycles. The van der Waals surface area contributed by atoms with Crippen molar-refractivity contribution < 1.29 is 14.3 Å². The molecule has 0 bridgehead atoms. The van der Waals surface area contributed by atoms with E-state index in [-0.39, 0.29) is 6.03 Å². The van der Waals surface area contributed by atoms with E-state index in [0.717, 1.165) is 41.0 Å². The summed E-state index contributed by atoms with van der Waals surface area (Å²) in [6.07, 6.45) is 1.57. The van der Waals surface area contributed by atoms with E-state index in [0.29, 0.717) is 31.2 Å². The molecule has 2 amide bonds. The molecule has 4 rings (SSSR count). The van der Waals surface area contributed by atoms with Crippen LogP contribution in [0, 0.1) is 6.92 Å². The summed E-state index contributed by atoms with van der Waals surface area (Å²) in [5.41, 5.74) is 3.64. The Labute approximate surface area is 157 Å². The number of anilines is 1. The van der Waals surface area contributed by atoms with Gasteiger partial charge in [-0.05, 0) is 37.1 Å². The maximum atomic E-state index is 12.2. The lowest BCUT2D eigenvalue weighted by molar-refractivity contribution is 0.171. The molecule has 0 saturated heterocycles. The van der Waals surface area contributed by atoms with Gasteiger partial charge in [0, 0.05) is 24.7 Å². The van der Waals surface area contributed by atoms with Crippen molar-refractivity contribution >= 4 is 22.8 Å². The van der Waals surface area contributed by atoms with E-state index in [1.807, 2.05) is 37.3 Å². The van der Waals surface area contributed by atoms with Gasteiger partial charge in [0.2, 0.25) is 0 Å². The molecule has 140 valence electrons. The van der Waals surface area contributed by atoms with Crippen LogP contribution in [0.5, 0.6) is 11.5 Å². The van der Waals surface area contributed by atoms with Gasteiger partial charge in [0.25, 0.3) is 0 Å². The van der Waals surface area contributed by atoms with Crippen LogP contribution in [0.1, 0.15) is 17.8 Å². The van der Waals surface area contributed by atoms with Crippen LogP contribution < -0.4 is 20.1 Å². The number of hydrogen-bond donors (Lipinski definition) is 3. The second-order valence-corrected chi connectivity index (χ2v) is 6.50. The fourth-order valence-electron chi connectivity index (χ4n) is 3.07. The minimum absolute atomic E-state index is 0.237. The van der Waals surface area contributed by atoms with Crippen LogP contribution in [0.3, 0.4) is 0 Å². The molecule has 7 nitrogen and oxygen atoms in total. The van der Waals surface area contributed by atoms with Crippen molar-refractivity contribution in [1.29, 1.82) is 0 Å². The summed E-state index contributed by atoms with van der Waals surface area (Å²) in [5.74, 6) is 2.31. The molecular formula is C20H22N4O3. The average Bonchev–Trinajstić information content (AvgIpc) is 3.09. The van der Waals surface area contributed by atoms with Crippen LogP contribution in [-0.4, -0.2) is 35.8 Å². The van der Waals surface area contributed by atoms with Gasteiger partial charge in [0.1, 0.15) is 19.0 Å². The van der Waals surface area contributed by atoms with Gasteiger partial charge in [-0.3, -0.25) is 0 Å². The quantitative estimate of drug-likeness (QED) is 0.604. The maximum absolute atomic E-state index is 12.2. The number of hydrogen-bond acceptors (Lipinski definition) is 4. The van der Waals surface area contributed by atoms with Crippen molar-refractivity contribution in [2.75, 3.05) is 25.1 Å². The monoisotopic (exact) mass is 366 g/mol. The molecule has 2 aromatic carbocycles. The summed E-state index contributed by atoms with van der Waals surface area (Å²) in [6, 6.07) is 11.4. The number of carbonyl (C=O) groups excluding carboxylic acids is 1. The second-order valence-electron chi connectivity index (χ2n) is 6.50. The zero-order valence-electron chi connectivity index (χ0n) is 15.2. The van der Waals surface area contributed by atoms with Crippen LogP contribution >= 0.6 is 0 Å². The molecule has 3 aromatic rings. The number of imidazole rings is 1. The molecule has 0 spiro atoms. The molecule has 1 aliphatic rings. The lowest BCUT2D eigenvalue weighted by atomic mass is 10.1. The van der Waals surface area contributed by atoms with E-state index in [2.05, 4.69) is 20.6 Å². The third kappa shape index (κ3) is 3.97. The van der Waals surface area contributed by atoms with Crippen molar-refractivity contribution in [3.63, 3.8) is 0 Å². The zero-order chi connectivity index (χ0) is 18.6. The summed E-state index contributed by atoms with van der Waals surface area (Å²) in [5, 5.41) is 5.75. The molecule has 27 heavy (non-hydrogen) atoms. The van der Waals surface area contributed by atoms with Crippen molar-refractivity contribution in [2.24, 2.45) is 0 Å². The summed E-state index contributed by atoms with van der Waals surface area (Å²) < 4.78 is 11.1. The van der Waals surface area contributed by atoms with Gasteiger partial charge in [-0.25, -0.2) is 9.78 Å². The van der Waals surface area contributed by atoms with Gasteiger partial charge in [-0.1, -0.05) is 12.1 Å². The van der Waals surface area contributed by atoms with Crippen LogP contribution in [0.15, 0.2) is 36.4 Å². The second kappa shape index (κ2) is 7.57. The first-order chi connectivity index (χ1) is 13.2. The SMILES string of the molecule is Cc1cc2c(cc1NC(=O)NCCCc1nc3ccccc3[nH]1)OCCO2. The fourth-order valence-corrected chi connectivity index (χ4v) is 3.07. The number of aryl methyl sites for hydroxylation is 2. The Morgan fingerprint density at radius 2 is 1.96 bits per heavy atom. The molecule has 0 saturated carbocycles. The maximum Gasteiger partial charge on any atom is 0.319 e. The number of H-pyrrole nitrogens is 1. The van der Waals surface area contributed by atoms with Gasteiger partial charge >= 0.3 is 6.03 Å². The first kappa shape index (κ1) is 17.2. The number of fused-ring (bicyclic) bond motifs is 2. The highest BCUT2D eigenvalue weighted by atomic mass is 16.6.